The number of hydrogen-bond acceptors (Lipinski definition) is 3. The van der Waals surface area contributed by atoms with E-state index in [1.807, 2.05) is 0 Å². The molecule has 0 spiro atoms. The lowest BCUT2D eigenvalue weighted by Gasteiger charge is -2.14. The van der Waals surface area contributed by atoms with Crippen LogP contribution in [0.4, 0.5) is 18.9 Å². The number of nitrogens with one attached hydrogen (secondary N) is 1. The van der Waals surface area contributed by atoms with Crippen LogP contribution in [0.1, 0.15) is 12.0 Å². The summed E-state index contributed by atoms with van der Waals surface area (Å²) in [5, 5.41) is -0.104. The van der Waals surface area contributed by atoms with Gasteiger partial charge in [-0.25, -0.2) is 4.21 Å². The van der Waals surface area contributed by atoms with Gasteiger partial charge in [0.1, 0.15) is 11.0 Å². The van der Waals surface area contributed by atoms with Crippen molar-refractivity contribution < 1.29 is 22.2 Å². The molecule has 0 radical (unpaired) electrons. The third kappa shape index (κ3) is 6.80. The quantitative estimate of drug-likeness (QED) is 0.511. The second kappa shape index (κ2) is 10.1. The summed E-state index contributed by atoms with van der Waals surface area (Å²) in [4.78, 5) is 13.8. The molecule has 0 fully saturated rings. The van der Waals surface area contributed by atoms with Gasteiger partial charge in [0, 0.05) is 36.2 Å². The summed E-state index contributed by atoms with van der Waals surface area (Å²) in [7, 11) is 1.34. The van der Waals surface area contributed by atoms with Crippen molar-refractivity contribution in [3.05, 3.63) is 52.0 Å². The average Bonchev–Trinajstić information content (AvgIpc) is 2.62. The van der Waals surface area contributed by atoms with Gasteiger partial charge in [-0.3, -0.25) is 9.52 Å². The van der Waals surface area contributed by atoms with Gasteiger partial charge >= 0.3 is 6.18 Å². The number of carbonyl (C=O) groups is 1. The van der Waals surface area contributed by atoms with E-state index in [4.69, 9.17) is 23.2 Å². The van der Waals surface area contributed by atoms with Crippen molar-refractivity contribution in [3.8, 4) is 0 Å². The Morgan fingerprint density at radius 1 is 1.17 bits per heavy atom. The summed E-state index contributed by atoms with van der Waals surface area (Å²) in [5.74, 6) is 0.435. The highest BCUT2D eigenvalue weighted by Gasteiger charge is 2.33. The van der Waals surface area contributed by atoms with Crippen LogP contribution in [-0.2, 0) is 22.0 Å². The maximum absolute atomic E-state index is 13.0. The third-order valence-corrected chi connectivity index (χ3v) is 6.40. The molecule has 4 nitrogen and oxygen atoms in total. The fourth-order valence-electron chi connectivity index (χ4n) is 2.18. The lowest BCUT2D eigenvalue weighted by atomic mass is 10.2. The van der Waals surface area contributed by atoms with Gasteiger partial charge in [0.2, 0.25) is 5.91 Å². The summed E-state index contributed by atoms with van der Waals surface area (Å²) in [6.45, 7) is 0. The monoisotopic (exact) mass is 484 g/mol. The van der Waals surface area contributed by atoms with Crippen molar-refractivity contribution in [1.29, 1.82) is 0 Å². The molecule has 0 aliphatic rings. The number of rotatable bonds is 7. The predicted octanol–water partition coefficient (Wildman–Crippen LogP) is 5.72. The molecule has 0 bridgehead atoms. The van der Waals surface area contributed by atoms with Gasteiger partial charge in [0.15, 0.2) is 0 Å². The van der Waals surface area contributed by atoms with Crippen LogP contribution in [0.15, 0.2) is 46.2 Å². The molecule has 0 saturated carbocycles. The van der Waals surface area contributed by atoms with Crippen LogP contribution in [0, 0.1) is 0 Å². The minimum Gasteiger partial charge on any atom is -0.349 e. The number of alkyl halides is 3. The number of carbonyl (C=O) groups excluding carboxylic acids is 1. The Hall–Kier alpha value is -1.42. The van der Waals surface area contributed by atoms with Crippen LogP contribution >= 0.6 is 35.0 Å². The van der Waals surface area contributed by atoms with E-state index in [-0.39, 0.29) is 10.8 Å². The largest absolute Gasteiger partial charge is 0.417 e. The van der Waals surface area contributed by atoms with Crippen molar-refractivity contribution in [2.24, 2.45) is 0 Å². The Morgan fingerprint density at radius 2 is 1.86 bits per heavy atom. The lowest BCUT2D eigenvalue weighted by Crippen LogP contribution is -2.21. The first-order valence-electron chi connectivity index (χ1n) is 8.16. The van der Waals surface area contributed by atoms with Gasteiger partial charge in [-0.15, -0.1) is 11.8 Å². The van der Waals surface area contributed by atoms with Crippen molar-refractivity contribution in [2.75, 3.05) is 24.6 Å². The molecule has 0 saturated heterocycles. The zero-order valence-corrected chi connectivity index (χ0v) is 18.5. The van der Waals surface area contributed by atoms with E-state index in [9.17, 15) is 22.2 Å². The Balaban J connectivity index is 2.20. The van der Waals surface area contributed by atoms with E-state index >= 15 is 0 Å². The summed E-state index contributed by atoms with van der Waals surface area (Å²) in [6, 6.07) is 7.91. The molecule has 1 amide bonds. The van der Waals surface area contributed by atoms with Gasteiger partial charge in [0.25, 0.3) is 0 Å². The summed E-state index contributed by atoms with van der Waals surface area (Å²) in [6.07, 6.45) is -4.36. The highest BCUT2D eigenvalue weighted by molar-refractivity contribution is 7.99. The van der Waals surface area contributed by atoms with Crippen LogP contribution < -0.4 is 4.72 Å². The molecule has 1 atom stereocenters. The Labute approximate surface area is 183 Å². The molecule has 2 aromatic rings. The van der Waals surface area contributed by atoms with Gasteiger partial charge in [-0.1, -0.05) is 23.2 Å². The number of nitrogens with zero attached hydrogens (tertiary/aromatic N) is 1. The molecule has 2 aromatic carbocycles. The van der Waals surface area contributed by atoms with E-state index in [2.05, 4.69) is 4.72 Å². The number of benzene rings is 2. The van der Waals surface area contributed by atoms with E-state index in [1.165, 1.54) is 28.8 Å². The highest BCUT2D eigenvalue weighted by Crippen LogP contribution is 2.36. The van der Waals surface area contributed by atoms with Gasteiger partial charge in [-0.2, -0.15) is 13.2 Å². The minimum atomic E-state index is -4.66. The number of halogens is 5. The lowest BCUT2D eigenvalue weighted by molar-refractivity contribution is -0.137. The molecule has 158 valence electrons. The molecule has 1 unspecified atom stereocenters. The van der Waals surface area contributed by atoms with Gasteiger partial charge < -0.3 is 4.90 Å². The first-order valence-corrected chi connectivity index (χ1v) is 11.1. The second-order valence-electron chi connectivity index (χ2n) is 6.04. The molecule has 0 aliphatic heterocycles. The normalized spacial score (nSPS) is 12.5. The van der Waals surface area contributed by atoms with E-state index in [0.29, 0.717) is 27.8 Å². The number of anilines is 1. The molecule has 2 rings (SSSR count). The summed E-state index contributed by atoms with van der Waals surface area (Å²) in [5.41, 5.74) is -0.670. The maximum Gasteiger partial charge on any atom is 0.417 e. The molecular weight excluding hydrogens is 468 g/mol. The van der Waals surface area contributed by atoms with Crippen LogP contribution in [-0.4, -0.2) is 34.9 Å². The van der Waals surface area contributed by atoms with Crippen molar-refractivity contribution in [3.63, 3.8) is 0 Å². The first kappa shape index (κ1) is 23.9. The average molecular weight is 485 g/mol. The molecule has 1 N–H and O–H groups in total. The highest BCUT2D eigenvalue weighted by atomic mass is 35.5. The third-order valence-electron chi connectivity index (χ3n) is 3.67. The molecule has 0 aliphatic carbocycles. The predicted molar refractivity (Wildman–Crippen MR) is 112 cm³/mol. The fraction of sp³-hybridized carbons (Fsp3) is 0.278. The van der Waals surface area contributed by atoms with Crippen LogP contribution in [0.3, 0.4) is 0 Å². The number of amides is 1. The first-order chi connectivity index (χ1) is 13.5. The Morgan fingerprint density at radius 3 is 2.48 bits per heavy atom. The minimum absolute atomic E-state index is 0.0367. The second-order valence-corrected chi connectivity index (χ2v) is 9.23. The van der Waals surface area contributed by atoms with Crippen LogP contribution in [0.25, 0.3) is 0 Å². The molecule has 29 heavy (non-hydrogen) atoms. The zero-order chi connectivity index (χ0) is 21.8. The summed E-state index contributed by atoms with van der Waals surface area (Å²) < 4.78 is 54.4. The Bertz CT molecular complexity index is 924. The molecule has 11 heteroatoms. The van der Waals surface area contributed by atoms with Crippen molar-refractivity contribution >= 4 is 57.5 Å². The van der Waals surface area contributed by atoms with Crippen LogP contribution in [0.2, 0.25) is 10.0 Å². The maximum atomic E-state index is 13.0. The number of hydrogen-bond donors (Lipinski definition) is 1. The van der Waals surface area contributed by atoms with E-state index < -0.39 is 27.7 Å². The van der Waals surface area contributed by atoms with Crippen molar-refractivity contribution in [2.45, 2.75) is 22.4 Å². The molecular formula is C18H17Cl2F3N2O2S2. The topological polar surface area (TPSA) is 49.4 Å². The van der Waals surface area contributed by atoms with E-state index in [0.717, 1.165) is 12.1 Å². The SMILES string of the molecule is CN(C)C(=O)CCSc1ccc(Cl)cc1NS(=O)c1ccc(Cl)c(C(F)(F)F)c1. The van der Waals surface area contributed by atoms with Crippen LogP contribution in [0.5, 0.6) is 0 Å². The number of thioether (sulfide) groups is 1. The standard InChI is InChI=1S/C18H17Cl2F3N2O2S2/c1-25(2)17(26)7-8-28-16-6-3-11(19)9-15(16)24-29(27)12-4-5-14(20)13(10-12)18(21,22)23/h3-6,9-10,24H,7-8H2,1-2H3. The zero-order valence-electron chi connectivity index (χ0n) is 15.3. The molecule has 0 heterocycles. The smallest absolute Gasteiger partial charge is 0.349 e. The van der Waals surface area contributed by atoms with Crippen molar-refractivity contribution in [1.82, 2.24) is 4.90 Å². The summed E-state index contributed by atoms with van der Waals surface area (Å²) >= 11 is 13.0. The van der Waals surface area contributed by atoms with Gasteiger partial charge in [0.05, 0.1) is 21.2 Å². The fourth-order valence-corrected chi connectivity index (χ4v) is 4.47. The van der Waals surface area contributed by atoms with E-state index in [1.54, 1.807) is 26.2 Å². The Kier molecular flexibility index (Phi) is 8.28. The van der Waals surface area contributed by atoms with Gasteiger partial charge in [-0.05, 0) is 36.4 Å². The molecule has 0 aromatic heterocycles.